The van der Waals surface area contributed by atoms with Crippen LogP contribution in [0.25, 0.3) is 0 Å². The zero-order chi connectivity index (χ0) is 19.2. The van der Waals surface area contributed by atoms with Gasteiger partial charge < -0.3 is 15.5 Å². The van der Waals surface area contributed by atoms with Crippen LogP contribution in [0.4, 0.5) is 13.2 Å². The van der Waals surface area contributed by atoms with Crippen molar-refractivity contribution in [2.24, 2.45) is 4.99 Å². The molecule has 2 aliphatic rings. The van der Waals surface area contributed by atoms with Gasteiger partial charge in [-0.1, -0.05) is 0 Å². The first-order valence-corrected chi connectivity index (χ1v) is 9.53. The third-order valence-electron chi connectivity index (χ3n) is 5.04. The first kappa shape index (κ1) is 21.2. The van der Waals surface area contributed by atoms with Gasteiger partial charge in [0.2, 0.25) is 0 Å². The Morgan fingerprint density at radius 1 is 1.19 bits per heavy atom. The first-order chi connectivity index (χ1) is 12.3. The van der Waals surface area contributed by atoms with Crippen molar-refractivity contribution in [2.45, 2.75) is 38.5 Å². The maximum Gasteiger partial charge on any atom is 0.401 e. The summed E-state index contributed by atoms with van der Waals surface area (Å²) >= 11 is 0. The van der Waals surface area contributed by atoms with E-state index in [1.807, 2.05) is 6.92 Å². The molecule has 2 unspecified atom stereocenters. The maximum absolute atomic E-state index is 12.5. The molecule has 2 rings (SSSR count). The number of rotatable bonds is 6. The third kappa shape index (κ3) is 7.28. The number of alkyl halides is 3. The van der Waals surface area contributed by atoms with Crippen LogP contribution >= 0.6 is 0 Å². The largest absolute Gasteiger partial charge is 0.401 e. The van der Waals surface area contributed by atoms with Gasteiger partial charge in [-0.15, -0.1) is 0 Å². The highest BCUT2D eigenvalue weighted by molar-refractivity contribution is 5.80. The van der Waals surface area contributed by atoms with Crippen molar-refractivity contribution < 1.29 is 13.2 Å². The minimum atomic E-state index is -4.13. The Balaban J connectivity index is 1.81. The molecule has 6 nitrogen and oxygen atoms in total. The normalized spacial score (nSPS) is 25.5. The summed E-state index contributed by atoms with van der Waals surface area (Å²) in [5.74, 6) is 0.701. The summed E-state index contributed by atoms with van der Waals surface area (Å²) in [5, 5.41) is 6.51. The quantitative estimate of drug-likeness (QED) is 0.529. The minimum absolute atomic E-state index is 0.00842. The van der Waals surface area contributed by atoms with E-state index in [9.17, 15) is 13.2 Å². The molecular weight excluding hydrogens is 345 g/mol. The number of aliphatic imine (C=N–C) groups is 1. The molecule has 0 amide bonds. The van der Waals surface area contributed by atoms with Gasteiger partial charge in [-0.05, 0) is 27.3 Å². The zero-order valence-corrected chi connectivity index (χ0v) is 16.1. The monoisotopic (exact) mass is 378 g/mol. The van der Waals surface area contributed by atoms with Crippen molar-refractivity contribution in [3.63, 3.8) is 0 Å². The molecule has 2 atom stereocenters. The molecule has 0 aromatic rings. The summed E-state index contributed by atoms with van der Waals surface area (Å²) in [7, 11) is 2.14. The molecule has 2 N–H and O–H groups in total. The van der Waals surface area contributed by atoms with Crippen molar-refractivity contribution in [1.29, 1.82) is 0 Å². The van der Waals surface area contributed by atoms with E-state index >= 15 is 0 Å². The second kappa shape index (κ2) is 9.75. The molecule has 2 heterocycles. The molecule has 0 spiro atoms. The Morgan fingerprint density at radius 3 is 2.50 bits per heavy atom. The summed E-state index contributed by atoms with van der Waals surface area (Å²) in [6.07, 6.45) is -3.43. The van der Waals surface area contributed by atoms with Gasteiger partial charge in [-0.25, -0.2) is 0 Å². The lowest BCUT2D eigenvalue weighted by molar-refractivity contribution is -0.143. The number of guanidine groups is 1. The smallest absolute Gasteiger partial charge is 0.357 e. The number of likely N-dealkylation sites (N-methyl/N-ethyl adjacent to an activating group) is 1. The molecule has 0 aromatic carbocycles. The summed E-state index contributed by atoms with van der Waals surface area (Å²) in [4.78, 5) is 10.9. The number of hydrogen-bond acceptors (Lipinski definition) is 4. The molecule has 0 aromatic heterocycles. The summed E-state index contributed by atoms with van der Waals surface area (Å²) in [5.41, 5.74) is 0. The lowest BCUT2D eigenvalue weighted by atomic mass is 10.2. The van der Waals surface area contributed by atoms with E-state index in [1.54, 1.807) is 0 Å². The Labute approximate surface area is 154 Å². The van der Waals surface area contributed by atoms with Crippen LogP contribution in [0, 0.1) is 0 Å². The molecule has 2 saturated heterocycles. The molecule has 0 saturated carbocycles. The van der Waals surface area contributed by atoms with Gasteiger partial charge in [-0.2, -0.15) is 13.2 Å². The van der Waals surface area contributed by atoms with Crippen molar-refractivity contribution in [3.05, 3.63) is 0 Å². The van der Waals surface area contributed by atoms with Crippen LogP contribution in [0.5, 0.6) is 0 Å². The fourth-order valence-corrected chi connectivity index (χ4v) is 3.46. The Morgan fingerprint density at radius 2 is 1.88 bits per heavy atom. The maximum atomic E-state index is 12.5. The van der Waals surface area contributed by atoms with E-state index < -0.39 is 12.7 Å². The fraction of sp³-hybridized carbons (Fsp3) is 0.941. The minimum Gasteiger partial charge on any atom is -0.357 e. The number of nitrogens with one attached hydrogen (secondary N) is 2. The average molecular weight is 378 g/mol. The van der Waals surface area contributed by atoms with Crippen LogP contribution in [-0.4, -0.2) is 105 Å². The Kier molecular flexibility index (Phi) is 7.97. The number of nitrogens with zero attached hydrogens (tertiary/aromatic N) is 4. The van der Waals surface area contributed by atoms with Crippen molar-refractivity contribution in [3.8, 4) is 0 Å². The van der Waals surface area contributed by atoms with Crippen LogP contribution in [0.3, 0.4) is 0 Å². The van der Waals surface area contributed by atoms with Crippen molar-refractivity contribution in [2.75, 3.05) is 66.0 Å². The number of piperazine rings is 1. The molecule has 0 radical (unpaired) electrons. The predicted octanol–water partition coefficient (Wildman–Crippen LogP) is 0.814. The van der Waals surface area contributed by atoms with Crippen LogP contribution in [-0.2, 0) is 0 Å². The van der Waals surface area contributed by atoms with Crippen molar-refractivity contribution in [1.82, 2.24) is 25.3 Å². The van der Waals surface area contributed by atoms with Crippen LogP contribution in [0.1, 0.15) is 20.3 Å². The van der Waals surface area contributed by atoms with Gasteiger partial charge in [0.05, 0.1) is 13.1 Å². The van der Waals surface area contributed by atoms with E-state index in [4.69, 9.17) is 0 Å². The van der Waals surface area contributed by atoms with Gasteiger partial charge in [0, 0.05) is 57.9 Å². The highest BCUT2D eigenvalue weighted by atomic mass is 19.4. The van der Waals surface area contributed by atoms with E-state index in [0.29, 0.717) is 38.1 Å². The standard InChI is InChI=1S/C17H33F3N6/c1-4-21-16(22-11-14(2)26-9-7-24(3)8-10-26)23-15-5-6-25(12-15)13-17(18,19)20/h14-15H,4-13H2,1-3H3,(H2,21,22,23). The second-order valence-electron chi connectivity index (χ2n) is 7.39. The first-order valence-electron chi connectivity index (χ1n) is 9.53. The SMILES string of the molecule is CCNC(=NCC(C)N1CCN(C)CC1)NC1CCN(CC(F)(F)F)C1. The molecule has 26 heavy (non-hydrogen) atoms. The summed E-state index contributed by atoms with van der Waals surface area (Å²) < 4.78 is 37.6. The fourth-order valence-electron chi connectivity index (χ4n) is 3.46. The van der Waals surface area contributed by atoms with Gasteiger partial charge in [-0.3, -0.25) is 14.8 Å². The molecule has 0 bridgehead atoms. The van der Waals surface area contributed by atoms with E-state index in [2.05, 4.69) is 39.4 Å². The van der Waals surface area contributed by atoms with Gasteiger partial charge >= 0.3 is 6.18 Å². The molecule has 9 heteroatoms. The lowest BCUT2D eigenvalue weighted by Crippen LogP contribution is -2.49. The van der Waals surface area contributed by atoms with E-state index in [1.165, 1.54) is 4.90 Å². The topological polar surface area (TPSA) is 46.1 Å². The number of halogens is 3. The zero-order valence-electron chi connectivity index (χ0n) is 16.1. The van der Waals surface area contributed by atoms with Gasteiger partial charge in [0.1, 0.15) is 0 Å². The summed E-state index contributed by atoms with van der Waals surface area (Å²) in [6, 6.07) is 0.360. The molecule has 2 fully saturated rings. The van der Waals surface area contributed by atoms with E-state index in [-0.39, 0.29) is 6.04 Å². The van der Waals surface area contributed by atoms with Crippen molar-refractivity contribution >= 4 is 5.96 Å². The Bertz CT molecular complexity index is 448. The van der Waals surface area contributed by atoms with Crippen LogP contribution < -0.4 is 10.6 Å². The Hall–Kier alpha value is -1.06. The molecule has 2 aliphatic heterocycles. The number of hydrogen-bond donors (Lipinski definition) is 2. The highest BCUT2D eigenvalue weighted by Gasteiger charge is 2.34. The van der Waals surface area contributed by atoms with Gasteiger partial charge in [0.15, 0.2) is 5.96 Å². The molecular formula is C17H33F3N6. The molecule has 152 valence electrons. The van der Waals surface area contributed by atoms with Gasteiger partial charge in [0.25, 0.3) is 0 Å². The summed E-state index contributed by atoms with van der Waals surface area (Å²) in [6.45, 7) is 9.85. The average Bonchev–Trinajstić information content (AvgIpc) is 2.98. The van der Waals surface area contributed by atoms with E-state index in [0.717, 1.165) is 32.7 Å². The third-order valence-corrected chi connectivity index (χ3v) is 5.04. The lowest BCUT2D eigenvalue weighted by Gasteiger charge is -2.36. The van der Waals surface area contributed by atoms with Crippen LogP contribution in [0.2, 0.25) is 0 Å². The molecule has 0 aliphatic carbocycles. The number of likely N-dealkylation sites (tertiary alicyclic amines) is 1. The van der Waals surface area contributed by atoms with Crippen LogP contribution in [0.15, 0.2) is 4.99 Å². The highest BCUT2D eigenvalue weighted by Crippen LogP contribution is 2.19. The second-order valence-corrected chi connectivity index (χ2v) is 7.39. The predicted molar refractivity (Wildman–Crippen MR) is 98.5 cm³/mol.